The van der Waals surface area contributed by atoms with E-state index in [1.807, 2.05) is 0 Å². The zero-order valence-electron chi connectivity index (χ0n) is 13.8. The molecule has 2 rings (SSSR count). The molecule has 0 bridgehead atoms. The molecule has 0 saturated carbocycles. The topological polar surface area (TPSA) is 15.3 Å². The molecule has 2 nitrogen and oxygen atoms in total. The molecule has 1 fully saturated rings. The van der Waals surface area contributed by atoms with Crippen molar-refractivity contribution in [3.05, 3.63) is 29.3 Å². The molecule has 0 amide bonds. The van der Waals surface area contributed by atoms with Gasteiger partial charge in [-0.1, -0.05) is 13.0 Å². The Morgan fingerprint density at radius 2 is 2.05 bits per heavy atom. The number of rotatable bonds is 4. The monoisotopic (exact) mass is 274 g/mol. The summed E-state index contributed by atoms with van der Waals surface area (Å²) >= 11 is 0. The summed E-state index contributed by atoms with van der Waals surface area (Å²) < 4.78 is 0. The first-order chi connectivity index (χ1) is 9.40. The lowest BCUT2D eigenvalue weighted by Gasteiger charge is -2.27. The van der Waals surface area contributed by atoms with Crippen molar-refractivity contribution in [2.75, 3.05) is 11.4 Å². The molecule has 1 heterocycles. The highest BCUT2D eigenvalue weighted by Gasteiger charge is 2.23. The number of anilines is 1. The Hall–Kier alpha value is -1.02. The van der Waals surface area contributed by atoms with Crippen LogP contribution in [-0.4, -0.2) is 18.1 Å². The minimum absolute atomic E-state index is 0.174. The Morgan fingerprint density at radius 1 is 1.30 bits per heavy atom. The van der Waals surface area contributed by atoms with Crippen molar-refractivity contribution in [2.24, 2.45) is 0 Å². The second-order valence-electron chi connectivity index (χ2n) is 7.11. The van der Waals surface area contributed by atoms with Gasteiger partial charge in [-0.3, -0.25) is 0 Å². The summed E-state index contributed by atoms with van der Waals surface area (Å²) in [5.74, 6) is 0. The molecule has 1 aliphatic rings. The highest BCUT2D eigenvalue weighted by molar-refractivity contribution is 5.52. The standard InChI is InChI=1S/C18H30N2/c1-6-16-8-7-11-20(16)17-10-9-15(14(2)12-17)13-19-18(3,4)5/h9-10,12,16,19H,6-8,11,13H2,1-5H3. The van der Waals surface area contributed by atoms with Crippen LogP contribution in [0.25, 0.3) is 0 Å². The lowest BCUT2D eigenvalue weighted by molar-refractivity contribution is 0.424. The smallest absolute Gasteiger partial charge is 0.0371 e. The van der Waals surface area contributed by atoms with E-state index in [0.29, 0.717) is 0 Å². The van der Waals surface area contributed by atoms with Crippen molar-refractivity contribution in [1.29, 1.82) is 0 Å². The molecule has 1 aromatic carbocycles. The first-order valence-electron chi connectivity index (χ1n) is 8.02. The second-order valence-corrected chi connectivity index (χ2v) is 7.11. The third-order valence-electron chi connectivity index (χ3n) is 4.32. The third-order valence-corrected chi connectivity index (χ3v) is 4.32. The number of hydrogen-bond donors (Lipinski definition) is 1. The van der Waals surface area contributed by atoms with E-state index < -0.39 is 0 Å². The molecule has 0 spiro atoms. The summed E-state index contributed by atoms with van der Waals surface area (Å²) in [4.78, 5) is 2.59. The van der Waals surface area contributed by atoms with Crippen LogP contribution in [0.1, 0.15) is 58.1 Å². The van der Waals surface area contributed by atoms with Crippen LogP contribution in [-0.2, 0) is 6.54 Å². The van der Waals surface area contributed by atoms with E-state index in [2.05, 4.69) is 63.0 Å². The van der Waals surface area contributed by atoms with Gasteiger partial charge in [0.2, 0.25) is 0 Å². The summed E-state index contributed by atoms with van der Waals surface area (Å²) in [6, 6.07) is 7.72. The van der Waals surface area contributed by atoms with Crippen LogP contribution in [0.2, 0.25) is 0 Å². The fourth-order valence-electron chi connectivity index (χ4n) is 3.02. The molecular formula is C18H30N2. The van der Waals surface area contributed by atoms with Crippen molar-refractivity contribution in [3.8, 4) is 0 Å². The van der Waals surface area contributed by atoms with Crippen LogP contribution in [0.4, 0.5) is 5.69 Å². The molecule has 1 atom stereocenters. The SMILES string of the molecule is CCC1CCCN1c1ccc(CNC(C)(C)C)c(C)c1. The number of hydrogen-bond acceptors (Lipinski definition) is 2. The number of aryl methyl sites for hydroxylation is 1. The zero-order chi connectivity index (χ0) is 14.8. The van der Waals surface area contributed by atoms with E-state index in [1.165, 1.54) is 42.6 Å². The van der Waals surface area contributed by atoms with Gasteiger partial charge in [-0.05, 0) is 70.2 Å². The van der Waals surface area contributed by atoms with Gasteiger partial charge >= 0.3 is 0 Å². The largest absolute Gasteiger partial charge is 0.369 e. The van der Waals surface area contributed by atoms with Gasteiger partial charge in [0, 0.05) is 30.4 Å². The van der Waals surface area contributed by atoms with Gasteiger partial charge in [-0.25, -0.2) is 0 Å². The lowest BCUT2D eigenvalue weighted by atomic mass is 10.0. The van der Waals surface area contributed by atoms with Crippen LogP contribution in [0.3, 0.4) is 0 Å². The molecule has 1 aliphatic heterocycles. The summed E-state index contributed by atoms with van der Waals surface area (Å²) in [6.07, 6.45) is 3.94. The van der Waals surface area contributed by atoms with Crippen LogP contribution in [0.15, 0.2) is 18.2 Å². The molecule has 0 aliphatic carbocycles. The molecule has 112 valence electrons. The van der Waals surface area contributed by atoms with E-state index in [0.717, 1.165) is 12.6 Å². The molecule has 20 heavy (non-hydrogen) atoms. The quantitative estimate of drug-likeness (QED) is 0.882. The molecule has 2 heteroatoms. The van der Waals surface area contributed by atoms with Crippen LogP contribution in [0, 0.1) is 6.92 Å². The summed E-state index contributed by atoms with van der Waals surface area (Å²) in [5.41, 5.74) is 4.40. The average Bonchev–Trinajstić information content (AvgIpc) is 2.84. The van der Waals surface area contributed by atoms with Gasteiger partial charge in [-0.15, -0.1) is 0 Å². The molecule has 0 radical (unpaired) electrons. The predicted molar refractivity (Wildman–Crippen MR) is 88.4 cm³/mol. The highest BCUT2D eigenvalue weighted by atomic mass is 15.2. The zero-order valence-corrected chi connectivity index (χ0v) is 13.8. The molecular weight excluding hydrogens is 244 g/mol. The van der Waals surface area contributed by atoms with Crippen molar-refractivity contribution >= 4 is 5.69 Å². The van der Waals surface area contributed by atoms with Crippen molar-refractivity contribution in [1.82, 2.24) is 5.32 Å². The van der Waals surface area contributed by atoms with Crippen LogP contribution in [0.5, 0.6) is 0 Å². The van der Waals surface area contributed by atoms with Crippen LogP contribution >= 0.6 is 0 Å². The average molecular weight is 274 g/mol. The minimum atomic E-state index is 0.174. The molecule has 0 aromatic heterocycles. The Morgan fingerprint density at radius 3 is 2.65 bits per heavy atom. The first kappa shape index (κ1) is 15.4. The summed E-state index contributed by atoms with van der Waals surface area (Å²) in [5, 5.41) is 3.57. The number of nitrogens with one attached hydrogen (secondary N) is 1. The molecule has 1 saturated heterocycles. The van der Waals surface area contributed by atoms with E-state index in [-0.39, 0.29) is 5.54 Å². The fourth-order valence-corrected chi connectivity index (χ4v) is 3.02. The van der Waals surface area contributed by atoms with Gasteiger partial charge in [0.25, 0.3) is 0 Å². The number of benzene rings is 1. The Labute approximate surface area is 124 Å². The van der Waals surface area contributed by atoms with Crippen molar-refractivity contribution in [3.63, 3.8) is 0 Å². The Kier molecular flexibility index (Phi) is 4.74. The normalized spacial score (nSPS) is 19.6. The molecule has 1 N–H and O–H groups in total. The maximum atomic E-state index is 3.57. The van der Waals surface area contributed by atoms with E-state index in [9.17, 15) is 0 Å². The van der Waals surface area contributed by atoms with Gasteiger partial charge in [-0.2, -0.15) is 0 Å². The van der Waals surface area contributed by atoms with Crippen molar-refractivity contribution < 1.29 is 0 Å². The van der Waals surface area contributed by atoms with Crippen molar-refractivity contribution in [2.45, 2.75) is 72.0 Å². The fraction of sp³-hybridized carbons (Fsp3) is 0.667. The second kappa shape index (κ2) is 6.17. The molecule has 1 aromatic rings. The molecule has 1 unspecified atom stereocenters. The Balaban J connectivity index is 2.09. The maximum Gasteiger partial charge on any atom is 0.0371 e. The lowest BCUT2D eigenvalue weighted by Crippen LogP contribution is -2.35. The van der Waals surface area contributed by atoms with E-state index >= 15 is 0 Å². The highest BCUT2D eigenvalue weighted by Crippen LogP contribution is 2.28. The Bertz CT molecular complexity index is 445. The van der Waals surface area contributed by atoms with Gasteiger partial charge in [0.15, 0.2) is 0 Å². The van der Waals surface area contributed by atoms with Gasteiger partial charge in [0.1, 0.15) is 0 Å². The van der Waals surface area contributed by atoms with Crippen LogP contribution < -0.4 is 10.2 Å². The van der Waals surface area contributed by atoms with E-state index in [1.54, 1.807) is 0 Å². The summed E-state index contributed by atoms with van der Waals surface area (Å²) in [6.45, 7) is 13.4. The maximum absolute atomic E-state index is 3.57. The van der Waals surface area contributed by atoms with Gasteiger partial charge in [0.05, 0.1) is 0 Å². The first-order valence-corrected chi connectivity index (χ1v) is 8.02. The predicted octanol–water partition coefficient (Wildman–Crippen LogP) is 4.26. The summed E-state index contributed by atoms with van der Waals surface area (Å²) in [7, 11) is 0. The van der Waals surface area contributed by atoms with E-state index in [4.69, 9.17) is 0 Å². The van der Waals surface area contributed by atoms with Gasteiger partial charge < -0.3 is 10.2 Å². The minimum Gasteiger partial charge on any atom is -0.369 e. The number of nitrogens with zero attached hydrogens (tertiary/aromatic N) is 1. The third kappa shape index (κ3) is 3.76.